The number of aromatic nitrogens is 3. The molecule has 0 radical (unpaired) electrons. The Bertz CT molecular complexity index is 982. The monoisotopic (exact) mass is 431 g/mol. The van der Waals surface area contributed by atoms with Crippen LogP contribution < -0.4 is 10.2 Å². The van der Waals surface area contributed by atoms with Crippen molar-refractivity contribution in [3.05, 3.63) is 66.7 Å². The normalized spacial score (nSPS) is 14.8. The van der Waals surface area contributed by atoms with Crippen LogP contribution in [0, 0.1) is 6.92 Å². The summed E-state index contributed by atoms with van der Waals surface area (Å²) < 4.78 is 0. The fourth-order valence-corrected chi connectivity index (χ4v) is 3.74. The number of pyridine rings is 1. The first-order chi connectivity index (χ1) is 15.6. The lowest BCUT2D eigenvalue weighted by Gasteiger charge is -2.32. The maximum absolute atomic E-state index is 12.6. The predicted molar refractivity (Wildman–Crippen MR) is 126 cm³/mol. The van der Waals surface area contributed by atoms with Crippen molar-refractivity contribution in [2.24, 2.45) is 0 Å². The Morgan fingerprint density at radius 2 is 1.75 bits per heavy atom. The van der Waals surface area contributed by atoms with Crippen molar-refractivity contribution in [2.75, 3.05) is 50.0 Å². The number of nitrogens with one attached hydrogen (secondary N) is 1. The van der Waals surface area contributed by atoms with E-state index in [1.54, 1.807) is 30.9 Å². The number of benzene rings is 1. The molecular formula is C24H29N7O. The van der Waals surface area contributed by atoms with Gasteiger partial charge in [0.15, 0.2) is 0 Å². The molecular weight excluding hydrogens is 402 g/mol. The highest BCUT2D eigenvalue weighted by molar-refractivity contribution is 5.92. The molecule has 1 fully saturated rings. The molecule has 2 aromatic heterocycles. The van der Waals surface area contributed by atoms with Crippen molar-refractivity contribution in [1.82, 2.24) is 24.8 Å². The lowest BCUT2D eigenvalue weighted by Crippen LogP contribution is -2.45. The maximum Gasteiger partial charge on any atom is 0.234 e. The Morgan fingerprint density at radius 1 is 1.03 bits per heavy atom. The summed E-state index contributed by atoms with van der Waals surface area (Å²) in [6.07, 6.45) is 7.39. The lowest BCUT2D eigenvalue weighted by molar-refractivity contribution is -0.116. The van der Waals surface area contributed by atoms with E-state index in [1.807, 2.05) is 42.2 Å². The van der Waals surface area contributed by atoms with Crippen molar-refractivity contribution in [3.63, 3.8) is 0 Å². The van der Waals surface area contributed by atoms with Crippen LogP contribution in [0.1, 0.15) is 12.0 Å². The molecule has 1 aromatic carbocycles. The smallest absolute Gasteiger partial charge is 0.234 e. The summed E-state index contributed by atoms with van der Waals surface area (Å²) in [6, 6.07) is 11.5. The van der Waals surface area contributed by atoms with Gasteiger partial charge in [0.2, 0.25) is 11.9 Å². The van der Waals surface area contributed by atoms with Crippen LogP contribution in [0.25, 0.3) is 0 Å². The SMILES string of the molecule is Cc1ccc(NC(=O)CCN2CCN(C)CC2)cc1N(c1ccncc1)c1ncccn1. The second-order valence-electron chi connectivity index (χ2n) is 8.03. The van der Waals surface area contributed by atoms with Crippen LogP contribution in [0.4, 0.5) is 23.0 Å². The number of likely N-dealkylation sites (N-methyl/N-ethyl adjacent to an activating group) is 1. The number of aryl methyl sites for hydroxylation is 1. The molecule has 0 aliphatic carbocycles. The number of hydrogen-bond donors (Lipinski definition) is 1. The van der Waals surface area contributed by atoms with E-state index in [4.69, 9.17) is 0 Å². The summed E-state index contributed by atoms with van der Waals surface area (Å²) in [5, 5.41) is 3.06. The van der Waals surface area contributed by atoms with E-state index >= 15 is 0 Å². The Hall–Kier alpha value is -3.36. The standard InChI is InChI=1S/C24H29N7O/c1-19-4-5-20(28-23(32)8-13-30-16-14-29(2)15-17-30)18-22(19)31(21-6-11-25-12-7-21)24-26-9-3-10-27-24/h3-7,9-12,18H,8,13-17H2,1-2H3,(H,28,32). The third-order valence-electron chi connectivity index (χ3n) is 5.66. The van der Waals surface area contributed by atoms with Gasteiger partial charge in [-0.3, -0.25) is 14.7 Å². The fourth-order valence-electron chi connectivity index (χ4n) is 3.74. The highest BCUT2D eigenvalue weighted by Crippen LogP contribution is 2.35. The van der Waals surface area contributed by atoms with Crippen LogP contribution in [0.3, 0.4) is 0 Å². The van der Waals surface area contributed by atoms with Crippen molar-refractivity contribution in [3.8, 4) is 0 Å². The summed E-state index contributed by atoms with van der Waals surface area (Å²) in [5.74, 6) is 0.575. The zero-order chi connectivity index (χ0) is 22.3. The van der Waals surface area contributed by atoms with E-state index < -0.39 is 0 Å². The molecule has 0 spiro atoms. The summed E-state index contributed by atoms with van der Waals surface area (Å²) in [5.41, 5.74) is 3.60. The molecule has 3 aromatic rings. The van der Waals surface area contributed by atoms with Crippen LogP contribution in [0.2, 0.25) is 0 Å². The molecule has 0 saturated carbocycles. The van der Waals surface area contributed by atoms with Crippen molar-refractivity contribution in [1.29, 1.82) is 0 Å². The lowest BCUT2D eigenvalue weighted by atomic mass is 10.1. The quantitative estimate of drug-likeness (QED) is 0.615. The number of rotatable bonds is 7. The molecule has 8 nitrogen and oxygen atoms in total. The number of carbonyl (C=O) groups is 1. The van der Waals surface area contributed by atoms with E-state index in [0.717, 1.165) is 55.3 Å². The van der Waals surface area contributed by atoms with Gasteiger partial charge in [0.25, 0.3) is 0 Å². The molecule has 1 N–H and O–H groups in total. The minimum absolute atomic E-state index is 0.0187. The largest absolute Gasteiger partial charge is 0.326 e. The molecule has 1 aliphatic rings. The first-order valence-electron chi connectivity index (χ1n) is 10.9. The predicted octanol–water partition coefficient (Wildman–Crippen LogP) is 3.23. The molecule has 32 heavy (non-hydrogen) atoms. The highest BCUT2D eigenvalue weighted by Gasteiger charge is 2.18. The van der Waals surface area contributed by atoms with Gasteiger partial charge in [0.1, 0.15) is 0 Å². The van der Waals surface area contributed by atoms with E-state index in [2.05, 4.69) is 37.1 Å². The summed E-state index contributed by atoms with van der Waals surface area (Å²) in [7, 11) is 2.13. The van der Waals surface area contributed by atoms with Gasteiger partial charge in [-0.05, 0) is 49.9 Å². The molecule has 1 amide bonds. The van der Waals surface area contributed by atoms with E-state index in [-0.39, 0.29) is 5.91 Å². The van der Waals surface area contributed by atoms with E-state index in [1.165, 1.54) is 0 Å². The topological polar surface area (TPSA) is 77.5 Å². The molecule has 0 unspecified atom stereocenters. The molecule has 1 aliphatic heterocycles. The Morgan fingerprint density at radius 3 is 2.47 bits per heavy atom. The van der Waals surface area contributed by atoms with Gasteiger partial charge in [0.05, 0.1) is 11.4 Å². The van der Waals surface area contributed by atoms with Crippen LogP contribution in [0.15, 0.2) is 61.2 Å². The van der Waals surface area contributed by atoms with Crippen LogP contribution in [-0.2, 0) is 4.79 Å². The van der Waals surface area contributed by atoms with Gasteiger partial charge in [-0.15, -0.1) is 0 Å². The second-order valence-corrected chi connectivity index (χ2v) is 8.03. The second kappa shape index (κ2) is 10.3. The zero-order valence-corrected chi connectivity index (χ0v) is 18.6. The van der Waals surface area contributed by atoms with Crippen LogP contribution >= 0.6 is 0 Å². The first kappa shape index (κ1) is 21.9. The molecule has 166 valence electrons. The van der Waals surface area contributed by atoms with Gasteiger partial charge in [0, 0.05) is 69.6 Å². The number of anilines is 4. The van der Waals surface area contributed by atoms with Gasteiger partial charge in [-0.1, -0.05) is 6.07 Å². The number of piperazine rings is 1. The Balaban J connectivity index is 1.51. The average Bonchev–Trinajstić information content (AvgIpc) is 2.82. The third kappa shape index (κ3) is 5.46. The Labute approximate surface area is 188 Å². The fraction of sp³-hybridized carbons (Fsp3) is 0.333. The van der Waals surface area contributed by atoms with E-state index in [0.29, 0.717) is 12.4 Å². The summed E-state index contributed by atoms with van der Waals surface area (Å²) >= 11 is 0. The molecule has 3 heterocycles. The molecule has 0 bridgehead atoms. The summed E-state index contributed by atoms with van der Waals surface area (Å²) in [6.45, 7) is 6.93. The minimum Gasteiger partial charge on any atom is -0.326 e. The van der Waals surface area contributed by atoms with Gasteiger partial charge < -0.3 is 15.1 Å². The first-order valence-corrected chi connectivity index (χ1v) is 10.9. The molecule has 0 atom stereocenters. The molecule has 4 rings (SSSR count). The minimum atomic E-state index is 0.0187. The van der Waals surface area contributed by atoms with E-state index in [9.17, 15) is 4.79 Å². The number of nitrogens with zero attached hydrogens (tertiary/aromatic N) is 6. The molecule has 8 heteroatoms. The number of hydrogen-bond acceptors (Lipinski definition) is 7. The maximum atomic E-state index is 12.6. The third-order valence-corrected chi connectivity index (χ3v) is 5.66. The highest BCUT2D eigenvalue weighted by atomic mass is 16.1. The molecule has 1 saturated heterocycles. The average molecular weight is 432 g/mol. The van der Waals surface area contributed by atoms with Crippen LogP contribution in [-0.4, -0.2) is 70.4 Å². The van der Waals surface area contributed by atoms with Crippen molar-refractivity contribution >= 4 is 28.9 Å². The van der Waals surface area contributed by atoms with Crippen LogP contribution in [0.5, 0.6) is 0 Å². The number of amides is 1. The van der Waals surface area contributed by atoms with Gasteiger partial charge in [-0.25, -0.2) is 9.97 Å². The van der Waals surface area contributed by atoms with Crippen molar-refractivity contribution in [2.45, 2.75) is 13.3 Å². The zero-order valence-electron chi connectivity index (χ0n) is 18.6. The van der Waals surface area contributed by atoms with Crippen molar-refractivity contribution < 1.29 is 4.79 Å². The van der Waals surface area contributed by atoms with Gasteiger partial charge in [-0.2, -0.15) is 0 Å². The number of carbonyl (C=O) groups excluding carboxylic acids is 1. The van der Waals surface area contributed by atoms with Gasteiger partial charge >= 0.3 is 0 Å². The Kier molecular flexibility index (Phi) is 7.03. The summed E-state index contributed by atoms with van der Waals surface area (Å²) in [4.78, 5) is 32.3.